The van der Waals surface area contributed by atoms with Crippen LogP contribution in [0.1, 0.15) is 20.7 Å². The molecule has 1 amide bonds. The molecule has 4 nitrogen and oxygen atoms in total. The van der Waals surface area contributed by atoms with E-state index in [1.54, 1.807) is 12.1 Å². The van der Waals surface area contributed by atoms with Crippen molar-refractivity contribution >= 4 is 38.4 Å². The van der Waals surface area contributed by atoms with Crippen LogP contribution < -0.4 is 16.1 Å². The van der Waals surface area contributed by atoms with Crippen LogP contribution in [0.25, 0.3) is 11.1 Å². The maximum atomic E-state index is 11.9. The van der Waals surface area contributed by atoms with Crippen LogP contribution >= 0.6 is 0 Å². The molecular weight excluding hydrogens is 358 g/mol. The fourth-order valence-electron chi connectivity index (χ4n) is 3.15. The molecule has 0 aliphatic rings. The van der Waals surface area contributed by atoms with Crippen molar-refractivity contribution in [3.8, 4) is 11.1 Å². The Kier molecular flexibility index (Phi) is 5.30. The summed E-state index contributed by atoms with van der Waals surface area (Å²) in [5, 5.41) is 11.9. The molecule has 0 unspecified atom stereocenters. The van der Waals surface area contributed by atoms with Crippen molar-refractivity contribution in [2.24, 2.45) is 5.73 Å². The number of benzene rings is 2. The smallest absolute Gasteiger partial charge is 0.336 e. The van der Waals surface area contributed by atoms with Gasteiger partial charge >= 0.3 is 5.97 Å². The number of carbonyl (C=O) groups excluding carboxylic acids is 1. The van der Waals surface area contributed by atoms with Gasteiger partial charge in [0.25, 0.3) is 0 Å². The summed E-state index contributed by atoms with van der Waals surface area (Å²) in [6.07, 6.45) is 0. The molecule has 0 saturated carbocycles. The van der Waals surface area contributed by atoms with E-state index in [-0.39, 0.29) is 0 Å². The van der Waals surface area contributed by atoms with E-state index in [4.69, 9.17) is 5.73 Å². The summed E-state index contributed by atoms with van der Waals surface area (Å²) in [5.41, 5.74) is 8.12. The third-order valence-corrected chi connectivity index (χ3v) is 8.49. The Labute approximate surface area is 157 Å². The van der Waals surface area contributed by atoms with Crippen LogP contribution in [0.4, 0.5) is 0 Å². The van der Waals surface area contributed by atoms with Crippen molar-refractivity contribution in [2.75, 3.05) is 0 Å². The van der Waals surface area contributed by atoms with Gasteiger partial charge in [0.15, 0.2) is 0 Å². The Bertz CT molecular complexity index is 842. The zero-order chi connectivity index (χ0) is 19.9. The molecule has 0 atom stereocenters. The van der Waals surface area contributed by atoms with E-state index in [1.807, 2.05) is 24.3 Å². The lowest BCUT2D eigenvalue weighted by Crippen LogP contribution is -2.48. The maximum Gasteiger partial charge on any atom is 0.336 e. The van der Waals surface area contributed by atoms with Crippen LogP contribution in [0.15, 0.2) is 36.4 Å². The van der Waals surface area contributed by atoms with E-state index in [0.717, 1.165) is 21.5 Å². The number of carbonyl (C=O) groups is 2. The Morgan fingerprint density at radius 3 is 1.73 bits per heavy atom. The summed E-state index contributed by atoms with van der Waals surface area (Å²) >= 11 is 0. The fourth-order valence-corrected chi connectivity index (χ4v) is 6.49. The van der Waals surface area contributed by atoms with Gasteiger partial charge in [0, 0.05) is 5.56 Å². The van der Waals surface area contributed by atoms with Gasteiger partial charge < -0.3 is 10.8 Å². The van der Waals surface area contributed by atoms with Crippen molar-refractivity contribution in [2.45, 2.75) is 39.3 Å². The monoisotopic (exact) mass is 385 g/mol. The fraction of sp³-hybridized carbons (Fsp3) is 0.300. The standard InChI is InChI=1S/C20H27NO3Si2/c1-25(2,3)16-11-13(19(21)22)12-17(26(4,5)6)18(16)14-9-7-8-10-15(14)20(23)24/h7-12H,1-6H3,(H2,21,22)(H,23,24). The first kappa shape index (κ1) is 20.1. The second kappa shape index (κ2) is 6.85. The summed E-state index contributed by atoms with van der Waals surface area (Å²) in [7, 11) is -3.77. The molecule has 0 fully saturated rings. The molecule has 2 aromatic rings. The van der Waals surface area contributed by atoms with E-state index >= 15 is 0 Å². The van der Waals surface area contributed by atoms with Crippen molar-refractivity contribution in [1.82, 2.24) is 0 Å². The van der Waals surface area contributed by atoms with Crippen molar-refractivity contribution in [3.63, 3.8) is 0 Å². The lowest BCUT2D eigenvalue weighted by atomic mass is 9.98. The van der Waals surface area contributed by atoms with E-state index in [1.165, 1.54) is 0 Å². The predicted octanol–water partition coefficient (Wildman–Crippen LogP) is 3.24. The van der Waals surface area contributed by atoms with Crippen LogP contribution in [0.2, 0.25) is 39.3 Å². The topological polar surface area (TPSA) is 80.4 Å². The van der Waals surface area contributed by atoms with E-state index < -0.39 is 28.0 Å². The molecule has 0 aliphatic heterocycles. The number of nitrogens with two attached hydrogens (primary N) is 1. The highest BCUT2D eigenvalue weighted by Gasteiger charge is 2.31. The van der Waals surface area contributed by atoms with Gasteiger partial charge in [0.2, 0.25) is 5.91 Å². The van der Waals surface area contributed by atoms with Gasteiger partial charge in [-0.05, 0) is 29.3 Å². The third-order valence-electron chi connectivity index (χ3n) is 4.47. The van der Waals surface area contributed by atoms with Crippen LogP contribution in [-0.4, -0.2) is 33.1 Å². The molecule has 0 aromatic heterocycles. The molecule has 0 heterocycles. The summed E-state index contributed by atoms with van der Waals surface area (Å²) in [4.78, 5) is 23.8. The van der Waals surface area contributed by atoms with Gasteiger partial charge in [-0.15, -0.1) is 0 Å². The lowest BCUT2D eigenvalue weighted by Gasteiger charge is -2.30. The molecule has 26 heavy (non-hydrogen) atoms. The molecule has 3 N–H and O–H groups in total. The highest BCUT2D eigenvalue weighted by Crippen LogP contribution is 2.26. The van der Waals surface area contributed by atoms with Gasteiger partial charge in [0.05, 0.1) is 21.7 Å². The first-order valence-corrected chi connectivity index (χ1v) is 15.7. The first-order valence-electron chi connectivity index (χ1n) is 8.65. The molecule has 0 aliphatic carbocycles. The minimum atomic E-state index is -1.88. The molecule has 0 radical (unpaired) electrons. The Morgan fingerprint density at radius 1 is 0.885 bits per heavy atom. The molecule has 2 aromatic carbocycles. The van der Waals surface area contributed by atoms with E-state index in [2.05, 4.69) is 39.3 Å². The Balaban J connectivity index is 3.05. The number of rotatable bonds is 5. The SMILES string of the molecule is C[Si](C)(C)c1cc(C(N)=O)cc([Si](C)(C)C)c1-c1ccccc1C(=O)O. The predicted molar refractivity (Wildman–Crippen MR) is 113 cm³/mol. The van der Waals surface area contributed by atoms with E-state index in [9.17, 15) is 14.7 Å². The number of hydrogen-bond donors (Lipinski definition) is 2. The van der Waals surface area contributed by atoms with Gasteiger partial charge in [-0.2, -0.15) is 0 Å². The van der Waals surface area contributed by atoms with Crippen LogP contribution in [0.3, 0.4) is 0 Å². The minimum Gasteiger partial charge on any atom is -0.478 e. The van der Waals surface area contributed by atoms with E-state index in [0.29, 0.717) is 11.1 Å². The largest absolute Gasteiger partial charge is 0.478 e. The Hall–Kier alpha value is -2.19. The molecular formula is C20H27NO3Si2. The summed E-state index contributed by atoms with van der Waals surface area (Å²) in [6.45, 7) is 13.2. The summed E-state index contributed by atoms with van der Waals surface area (Å²) in [6, 6.07) is 10.9. The number of aromatic carboxylic acids is 1. The third kappa shape index (κ3) is 3.97. The van der Waals surface area contributed by atoms with Crippen molar-refractivity contribution in [3.05, 3.63) is 47.5 Å². The molecule has 0 bridgehead atoms. The highest BCUT2D eigenvalue weighted by atomic mass is 28.3. The van der Waals surface area contributed by atoms with Gasteiger partial charge in [-0.25, -0.2) is 4.79 Å². The van der Waals surface area contributed by atoms with Gasteiger partial charge in [0.1, 0.15) is 0 Å². The molecule has 0 saturated heterocycles. The van der Waals surface area contributed by atoms with Gasteiger partial charge in [-0.3, -0.25) is 4.79 Å². The van der Waals surface area contributed by atoms with Crippen LogP contribution in [0.5, 0.6) is 0 Å². The summed E-state index contributed by atoms with van der Waals surface area (Å²) in [5.74, 6) is -1.38. The molecule has 6 heteroatoms. The maximum absolute atomic E-state index is 11.9. The second-order valence-corrected chi connectivity index (χ2v) is 18.7. The second-order valence-electron chi connectivity index (χ2n) is 8.66. The Morgan fingerprint density at radius 2 is 1.35 bits per heavy atom. The summed E-state index contributed by atoms with van der Waals surface area (Å²) < 4.78 is 0. The van der Waals surface area contributed by atoms with Crippen molar-refractivity contribution < 1.29 is 14.7 Å². The number of primary amides is 1. The quantitative estimate of drug-likeness (QED) is 0.775. The number of hydrogen-bond acceptors (Lipinski definition) is 2. The zero-order valence-electron chi connectivity index (χ0n) is 16.3. The number of carboxylic acid groups (broad SMARTS) is 1. The lowest BCUT2D eigenvalue weighted by molar-refractivity contribution is 0.0697. The number of carboxylic acids is 1. The normalized spacial score (nSPS) is 12.1. The highest BCUT2D eigenvalue weighted by molar-refractivity contribution is 6.93. The molecule has 138 valence electrons. The molecule has 2 rings (SSSR count). The average Bonchev–Trinajstić information content (AvgIpc) is 2.51. The van der Waals surface area contributed by atoms with Crippen molar-refractivity contribution in [1.29, 1.82) is 0 Å². The minimum absolute atomic E-state index is 0.290. The van der Waals surface area contributed by atoms with Crippen LogP contribution in [0, 0.1) is 0 Å². The average molecular weight is 386 g/mol. The zero-order valence-corrected chi connectivity index (χ0v) is 18.3. The molecule has 0 spiro atoms. The van der Waals surface area contributed by atoms with Crippen LogP contribution in [-0.2, 0) is 0 Å². The van der Waals surface area contributed by atoms with Gasteiger partial charge in [-0.1, -0.05) is 67.9 Å². The first-order chi connectivity index (χ1) is 11.8. The number of amides is 1.